The average molecular weight is 370 g/mol. The maximum absolute atomic E-state index is 12.6. The van der Waals surface area contributed by atoms with Crippen LogP contribution < -0.4 is 4.72 Å². The highest BCUT2D eigenvalue weighted by Gasteiger charge is 2.23. The quantitative estimate of drug-likeness (QED) is 0.867. The van der Waals surface area contributed by atoms with Crippen LogP contribution >= 0.6 is 11.3 Å². The largest absolute Gasteiger partial charge is 0.421 e. The molecule has 6 nitrogen and oxygen atoms in total. The number of aryl methyl sites for hydroxylation is 1. The summed E-state index contributed by atoms with van der Waals surface area (Å²) < 4.78 is 33.9. The third-order valence-electron chi connectivity index (χ3n) is 4.28. The number of hydrogen-bond acceptors (Lipinski definition) is 6. The predicted octanol–water partition coefficient (Wildman–Crippen LogP) is 3.75. The molecule has 1 saturated carbocycles. The van der Waals surface area contributed by atoms with Crippen LogP contribution in [0.25, 0.3) is 11.5 Å². The van der Waals surface area contributed by atoms with Crippen LogP contribution in [0, 0.1) is 0 Å². The van der Waals surface area contributed by atoms with E-state index in [0.717, 1.165) is 25.7 Å². The van der Waals surface area contributed by atoms with Crippen molar-refractivity contribution in [2.45, 2.75) is 68.5 Å². The molecule has 0 atom stereocenters. The second kappa shape index (κ2) is 7.76. The molecule has 3 rings (SSSR count). The summed E-state index contributed by atoms with van der Waals surface area (Å²) in [6.07, 6.45) is 8.32. The number of sulfonamides is 1. The van der Waals surface area contributed by atoms with Crippen molar-refractivity contribution in [1.82, 2.24) is 14.9 Å². The summed E-state index contributed by atoms with van der Waals surface area (Å²) >= 11 is 1.19. The molecular weight excluding hydrogens is 346 g/mol. The van der Waals surface area contributed by atoms with Gasteiger partial charge in [0.1, 0.15) is 4.21 Å². The Balaban J connectivity index is 1.72. The number of hydrogen-bond donors (Lipinski definition) is 1. The summed E-state index contributed by atoms with van der Waals surface area (Å²) in [4.78, 5) is 0. The van der Waals surface area contributed by atoms with E-state index in [1.165, 1.54) is 30.6 Å². The molecule has 1 fully saturated rings. The minimum Gasteiger partial charge on any atom is -0.421 e. The third kappa shape index (κ3) is 4.23. The summed E-state index contributed by atoms with van der Waals surface area (Å²) in [6, 6.07) is 1.65. The van der Waals surface area contributed by atoms with Crippen molar-refractivity contribution in [2.75, 3.05) is 0 Å². The first-order valence-electron chi connectivity index (χ1n) is 8.52. The molecular formula is C16H23N3O3S2. The van der Waals surface area contributed by atoms with E-state index >= 15 is 0 Å². The van der Waals surface area contributed by atoms with Gasteiger partial charge in [-0.3, -0.25) is 0 Å². The average Bonchev–Trinajstić information content (AvgIpc) is 3.18. The van der Waals surface area contributed by atoms with Gasteiger partial charge in [0.25, 0.3) is 0 Å². The van der Waals surface area contributed by atoms with Gasteiger partial charge in [-0.2, -0.15) is 0 Å². The fourth-order valence-electron chi connectivity index (χ4n) is 2.93. The lowest BCUT2D eigenvalue weighted by Crippen LogP contribution is -2.34. The monoisotopic (exact) mass is 369 g/mol. The fraction of sp³-hybridized carbons (Fsp3) is 0.625. The Kier molecular flexibility index (Phi) is 5.68. The second-order valence-corrected chi connectivity index (χ2v) is 9.02. The number of thiophene rings is 1. The van der Waals surface area contributed by atoms with Crippen LogP contribution in [0.15, 0.2) is 20.1 Å². The minimum absolute atomic E-state index is 0.0379. The molecule has 2 aromatic rings. The smallest absolute Gasteiger partial charge is 0.250 e. The van der Waals surface area contributed by atoms with Crippen LogP contribution in [0.3, 0.4) is 0 Å². The van der Waals surface area contributed by atoms with Crippen LogP contribution in [-0.2, 0) is 16.4 Å². The van der Waals surface area contributed by atoms with Gasteiger partial charge in [0, 0.05) is 17.8 Å². The molecule has 0 saturated heterocycles. The Bertz CT molecular complexity index is 759. The molecule has 1 aliphatic rings. The van der Waals surface area contributed by atoms with E-state index in [1.54, 1.807) is 11.4 Å². The van der Waals surface area contributed by atoms with Gasteiger partial charge >= 0.3 is 0 Å². The van der Waals surface area contributed by atoms with Crippen LogP contribution in [-0.4, -0.2) is 24.7 Å². The van der Waals surface area contributed by atoms with Crippen LogP contribution in [0.1, 0.15) is 57.8 Å². The molecule has 1 N–H and O–H groups in total. The fourth-order valence-corrected chi connectivity index (χ4v) is 5.41. The molecule has 0 aromatic carbocycles. The molecule has 132 valence electrons. The maximum Gasteiger partial charge on any atom is 0.250 e. The van der Waals surface area contributed by atoms with Gasteiger partial charge in [0.05, 0.1) is 5.56 Å². The summed E-state index contributed by atoms with van der Waals surface area (Å²) in [7, 11) is -3.50. The Morgan fingerprint density at radius 1 is 1.21 bits per heavy atom. The highest BCUT2D eigenvalue weighted by molar-refractivity contribution is 7.91. The van der Waals surface area contributed by atoms with Crippen molar-refractivity contribution in [3.8, 4) is 11.5 Å². The molecule has 0 bridgehead atoms. The number of rotatable bonds is 5. The molecule has 2 heterocycles. The first kappa shape index (κ1) is 17.6. The molecule has 0 spiro atoms. The Morgan fingerprint density at radius 3 is 2.58 bits per heavy atom. The van der Waals surface area contributed by atoms with Gasteiger partial charge in [0.2, 0.25) is 21.8 Å². The highest BCUT2D eigenvalue weighted by atomic mass is 32.2. The predicted molar refractivity (Wildman–Crippen MR) is 93.4 cm³/mol. The van der Waals surface area contributed by atoms with Crippen molar-refractivity contribution in [3.63, 3.8) is 0 Å². The molecule has 8 heteroatoms. The summed E-state index contributed by atoms with van der Waals surface area (Å²) in [6.45, 7) is 1.93. The molecule has 0 unspecified atom stereocenters. The first-order valence-corrected chi connectivity index (χ1v) is 10.9. The summed E-state index contributed by atoms with van der Waals surface area (Å²) in [5.41, 5.74) is 0.658. The number of nitrogens with one attached hydrogen (secondary N) is 1. The minimum atomic E-state index is -3.50. The van der Waals surface area contributed by atoms with Gasteiger partial charge in [0.15, 0.2) is 0 Å². The van der Waals surface area contributed by atoms with Crippen LogP contribution in [0.4, 0.5) is 0 Å². The van der Waals surface area contributed by atoms with Crippen molar-refractivity contribution < 1.29 is 12.8 Å². The highest BCUT2D eigenvalue weighted by Crippen LogP contribution is 2.28. The van der Waals surface area contributed by atoms with Gasteiger partial charge in [-0.05, 0) is 18.9 Å². The van der Waals surface area contributed by atoms with Crippen molar-refractivity contribution >= 4 is 21.4 Å². The lowest BCUT2D eigenvalue weighted by Gasteiger charge is -2.20. The Morgan fingerprint density at radius 2 is 1.92 bits per heavy atom. The van der Waals surface area contributed by atoms with Gasteiger partial charge in [-0.1, -0.05) is 39.0 Å². The molecule has 1 aliphatic carbocycles. The summed E-state index contributed by atoms with van der Waals surface area (Å²) in [5.74, 6) is 0.920. The molecule has 0 radical (unpaired) electrons. The van der Waals surface area contributed by atoms with E-state index in [1.807, 2.05) is 6.92 Å². The van der Waals surface area contributed by atoms with E-state index in [-0.39, 0.29) is 6.04 Å². The van der Waals surface area contributed by atoms with Crippen molar-refractivity contribution in [3.05, 3.63) is 17.3 Å². The molecule has 0 aliphatic heterocycles. The van der Waals surface area contributed by atoms with E-state index in [0.29, 0.717) is 28.0 Å². The van der Waals surface area contributed by atoms with Gasteiger partial charge < -0.3 is 4.42 Å². The van der Waals surface area contributed by atoms with E-state index in [4.69, 9.17) is 4.42 Å². The lowest BCUT2D eigenvalue weighted by atomic mass is 9.97. The van der Waals surface area contributed by atoms with Crippen molar-refractivity contribution in [2.24, 2.45) is 0 Å². The first-order chi connectivity index (χ1) is 11.6. The Hall–Kier alpha value is -1.25. The van der Waals surface area contributed by atoms with E-state index < -0.39 is 10.0 Å². The SMILES string of the molecule is CCc1nnc(-c2csc(S(=O)(=O)NC3CCCCCCC3)c2)o1. The number of aromatic nitrogens is 2. The zero-order valence-corrected chi connectivity index (χ0v) is 15.5. The van der Waals surface area contributed by atoms with Gasteiger partial charge in [-0.15, -0.1) is 21.5 Å². The summed E-state index contributed by atoms with van der Waals surface area (Å²) in [5, 5.41) is 9.63. The zero-order valence-electron chi connectivity index (χ0n) is 13.8. The molecule has 24 heavy (non-hydrogen) atoms. The third-order valence-corrected chi connectivity index (χ3v) is 7.24. The number of nitrogens with zero attached hydrogens (tertiary/aromatic N) is 2. The topological polar surface area (TPSA) is 85.1 Å². The van der Waals surface area contributed by atoms with E-state index in [2.05, 4.69) is 14.9 Å². The molecule has 2 aromatic heterocycles. The standard InChI is InChI=1S/C16H23N3O3S2/c1-2-14-17-18-16(22-14)12-10-15(23-11-12)24(20,21)19-13-8-6-4-3-5-7-9-13/h10-11,13,19H,2-9H2,1H3. The van der Waals surface area contributed by atoms with Crippen LogP contribution in [0.2, 0.25) is 0 Å². The normalized spacial score (nSPS) is 17.5. The maximum atomic E-state index is 12.6. The molecule has 0 amide bonds. The van der Waals surface area contributed by atoms with Gasteiger partial charge in [-0.25, -0.2) is 13.1 Å². The Labute approximate surface area is 146 Å². The van der Waals surface area contributed by atoms with Crippen molar-refractivity contribution in [1.29, 1.82) is 0 Å². The van der Waals surface area contributed by atoms with E-state index in [9.17, 15) is 8.42 Å². The zero-order chi connectivity index (χ0) is 17.0. The van der Waals surface area contributed by atoms with Crippen LogP contribution in [0.5, 0.6) is 0 Å². The lowest BCUT2D eigenvalue weighted by molar-refractivity contribution is 0.427. The second-order valence-electron chi connectivity index (χ2n) is 6.17.